The molecule has 0 aromatic carbocycles. The van der Waals surface area contributed by atoms with Gasteiger partial charge in [0.25, 0.3) is 0 Å². The van der Waals surface area contributed by atoms with Crippen molar-refractivity contribution in [3.8, 4) is 5.69 Å². The third-order valence-electron chi connectivity index (χ3n) is 2.69. The second-order valence-corrected chi connectivity index (χ2v) is 4.37. The van der Waals surface area contributed by atoms with Crippen molar-refractivity contribution in [1.82, 2.24) is 14.8 Å². The maximum Gasteiger partial charge on any atom is 0.0829 e. The number of nitrogens with zero attached hydrogens (tertiary/aromatic N) is 3. The van der Waals surface area contributed by atoms with Crippen LogP contribution in [0.5, 0.6) is 0 Å². The number of rotatable bonds is 3. The monoisotopic (exact) mass is 250 g/mol. The van der Waals surface area contributed by atoms with Gasteiger partial charge in [-0.05, 0) is 25.5 Å². The van der Waals surface area contributed by atoms with Crippen LogP contribution in [0.4, 0.5) is 0 Å². The summed E-state index contributed by atoms with van der Waals surface area (Å²) in [6.45, 7) is 3.91. The fourth-order valence-electron chi connectivity index (χ4n) is 1.53. The van der Waals surface area contributed by atoms with Crippen molar-refractivity contribution < 1.29 is 0 Å². The Morgan fingerprint density at radius 1 is 1.47 bits per heavy atom. The van der Waals surface area contributed by atoms with Crippen LogP contribution in [0, 0.1) is 6.92 Å². The lowest BCUT2D eigenvalue weighted by Gasteiger charge is -2.08. The summed E-state index contributed by atoms with van der Waals surface area (Å²) in [7, 11) is 0. The standard InChI is InChI=1S/C12H15ClN4/c1-3-11(14)12-5-4-9(6-15-12)17-7-10(13)8(2)16-17/h4-7,11H,3,14H2,1-2H3. The van der Waals surface area contributed by atoms with E-state index in [9.17, 15) is 0 Å². The average Bonchev–Trinajstić information content (AvgIpc) is 2.69. The Morgan fingerprint density at radius 2 is 2.24 bits per heavy atom. The second kappa shape index (κ2) is 4.85. The first kappa shape index (κ1) is 12.1. The molecule has 0 spiro atoms. The maximum absolute atomic E-state index is 5.96. The highest BCUT2D eigenvalue weighted by Gasteiger charge is 2.07. The topological polar surface area (TPSA) is 56.7 Å². The fraction of sp³-hybridized carbons (Fsp3) is 0.333. The molecule has 0 amide bonds. The van der Waals surface area contributed by atoms with Gasteiger partial charge in [0.2, 0.25) is 0 Å². The van der Waals surface area contributed by atoms with Crippen molar-refractivity contribution in [3.63, 3.8) is 0 Å². The zero-order valence-electron chi connectivity index (χ0n) is 9.89. The lowest BCUT2D eigenvalue weighted by Crippen LogP contribution is -2.10. The molecule has 2 rings (SSSR count). The average molecular weight is 251 g/mol. The van der Waals surface area contributed by atoms with Gasteiger partial charge in [0.15, 0.2) is 0 Å². The Balaban J connectivity index is 2.29. The Labute approximate surface area is 105 Å². The maximum atomic E-state index is 5.96. The summed E-state index contributed by atoms with van der Waals surface area (Å²) in [6, 6.07) is 3.86. The van der Waals surface area contributed by atoms with Gasteiger partial charge in [-0.1, -0.05) is 18.5 Å². The van der Waals surface area contributed by atoms with Crippen LogP contribution in [-0.4, -0.2) is 14.8 Å². The minimum atomic E-state index is -0.00741. The first-order valence-electron chi connectivity index (χ1n) is 5.55. The molecule has 5 heteroatoms. The van der Waals surface area contributed by atoms with Crippen molar-refractivity contribution in [3.05, 3.63) is 40.9 Å². The van der Waals surface area contributed by atoms with Gasteiger partial charge in [0.05, 0.1) is 28.3 Å². The molecule has 0 saturated carbocycles. The van der Waals surface area contributed by atoms with E-state index < -0.39 is 0 Å². The summed E-state index contributed by atoms with van der Waals surface area (Å²) in [5.74, 6) is 0. The number of hydrogen-bond acceptors (Lipinski definition) is 3. The van der Waals surface area contributed by atoms with E-state index in [4.69, 9.17) is 17.3 Å². The number of halogens is 1. The third-order valence-corrected chi connectivity index (χ3v) is 3.07. The van der Waals surface area contributed by atoms with E-state index in [1.165, 1.54) is 0 Å². The zero-order valence-corrected chi connectivity index (χ0v) is 10.6. The van der Waals surface area contributed by atoms with Crippen molar-refractivity contribution in [2.75, 3.05) is 0 Å². The number of pyridine rings is 1. The molecule has 0 aliphatic carbocycles. The van der Waals surface area contributed by atoms with Crippen molar-refractivity contribution in [2.45, 2.75) is 26.3 Å². The Hall–Kier alpha value is -1.39. The third kappa shape index (κ3) is 2.48. The smallest absolute Gasteiger partial charge is 0.0829 e. The van der Waals surface area contributed by atoms with Gasteiger partial charge in [-0.3, -0.25) is 4.98 Å². The highest BCUT2D eigenvalue weighted by Crippen LogP contribution is 2.17. The highest BCUT2D eigenvalue weighted by atomic mass is 35.5. The SMILES string of the molecule is CCC(N)c1ccc(-n2cc(Cl)c(C)n2)cn1. The molecule has 90 valence electrons. The largest absolute Gasteiger partial charge is 0.323 e. The highest BCUT2D eigenvalue weighted by molar-refractivity contribution is 6.31. The van der Waals surface area contributed by atoms with Crippen molar-refractivity contribution in [1.29, 1.82) is 0 Å². The van der Waals surface area contributed by atoms with Crippen molar-refractivity contribution >= 4 is 11.6 Å². The molecule has 0 fully saturated rings. The van der Waals surface area contributed by atoms with Crippen LogP contribution in [0.15, 0.2) is 24.5 Å². The van der Waals surface area contributed by atoms with E-state index in [1.807, 2.05) is 26.0 Å². The molecule has 1 unspecified atom stereocenters. The molecule has 2 N–H and O–H groups in total. The van der Waals surface area contributed by atoms with Gasteiger partial charge in [0, 0.05) is 12.2 Å². The second-order valence-electron chi connectivity index (χ2n) is 3.96. The molecule has 0 saturated heterocycles. The minimum absolute atomic E-state index is 0.00741. The molecule has 2 aromatic heterocycles. The molecule has 2 aromatic rings. The predicted molar refractivity (Wildman–Crippen MR) is 68.3 cm³/mol. The first-order chi connectivity index (χ1) is 8.11. The van der Waals surface area contributed by atoms with E-state index >= 15 is 0 Å². The summed E-state index contributed by atoms with van der Waals surface area (Å²) in [6.07, 6.45) is 4.40. The zero-order chi connectivity index (χ0) is 12.4. The molecule has 0 aliphatic heterocycles. The van der Waals surface area contributed by atoms with Crippen LogP contribution in [-0.2, 0) is 0 Å². The Morgan fingerprint density at radius 3 is 2.71 bits per heavy atom. The van der Waals surface area contributed by atoms with Gasteiger partial charge in [-0.2, -0.15) is 5.10 Å². The lowest BCUT2D eigenvalue weighted by atomic mass is 10.1. The molecular weight excluding hydrogens is 236 g/mol. The van der Waals surface area contributed by atoms with Crippen molar-refractivity contribution in [2.24, 2.45) is 5.73 Å². The molecular formula is C12H15ClN4. The number of aryl methyl sites for hydroxylation is 1. The number of nitrogens with two attached hydrogens (primary N) is 1. The molecule has 1 atom stereocenters. The van der Waals surface area contributed by atoms with E-state index in [0.29, 0.717) is 5.02 Å². The Bertz CT molecular complexity index is 484. The van der Waals surface area contributed by atoms with E-state index in [1.54, 1.807) is 17.1 Å². The van der Waals surface area contributed by atoms with Gasteiger partial charge in [-0.25, -0.2) is 4.68 Å². The van der Waals surface area contributed by atoms with Gasteiger partial charge in [0.1, 0.15) is 0 Å². The van der Waals surface area contributed by atoms with Gasteiger partial charge < -0.3 is 5.73 Å². The summed E-state index contributed by atoms with van der Waals surface area (Å²) in [5, 5.41) is 4.94. The summed E-state index contributed by atoms with van der Waals surface area (Å²) >= 11 is 5.96. The summed E-state index contributed by atoms with van der Waals surface area (Å²) in [4.78, 5) is 4.34. The van der Waals surface area contributed by atoms with Crippen LogP contribution in [0.2, 0.25) is 5.02 Å². The molecule has 2 heterocycles. The van der Waals surface area contributed by atoms with Crippen LogP contribution < -0.4 is 5.73 Å². The number of hydrogen-bond donors (Lipinski definition) is 1. The summed E-state index contributed by atoms with van der Waals surface area (Å²) < 4.78 is 1.71. The molecule has 4 nitrogen and oxygen atoms in total. The quantitative estimate of drug-likeness (QED) is 0.911. The number of aromatic nitrogens is 3. The molecule has 0 bridgehead atoms. The summed E-state index contributed by atoms with van der Waals surface area (Å²) in [5.41, 5.74) is 8.49. The van der Waals surface area contributed by atoms with Gasteiger partial charge >= 0.3 is 0 Å². The van der Waals surface area contributed by atoms with E-state index in [-0.39, 0.29) is 6.04 Å². The Kier molecular flexibility index (Phi) is 3.45. The first-order valence-corrected chi connectivity index (χ1v) is 5.93. The van der Waals surface area contributed by atoms with Crippen LogP contribution in [0.1, 0.15) is 30.8 Å². The fourth-order valence-corrected chi connectivity index (χ4v) is 1.66. The molecule has 0 radical (unpaired) electrons. The lowest BCUT2D eigenvalue weighted by molar-refractivity contribution is 0.674. The van der Waals surface area contributed by atoms with E-state index in [0.717, 1.165) is 23.5 Å². The molecule has 17 heavy (non-hydrogen) atoms. The van der Waals surface area contributed by atoms with Crippen LogP contribution in [0.25, 0.3) is 5.69 Å². The van der Waals surface area contributed by atoms with Crippen LogP contribution >= 0.6 is 11.6 Å². The van der Waals surface area contributed by atoms with Crippen LogP contribution in [0.3, 0.4) is 0 Å². The predicted octanol–water partition coefficient (Wildman–Crippen LogP) is 2.64. The van der Waals surface area contributed by atoms with E-state index in [2.05, 4.69) is 10.1 Å². The molecule has 0 aliphatic rings. The van der Waals surface area contributed by atoms with Gasteiger partial charge in [-0.15, -0.1) is 0 Å². The normalized spacial score (nSPS) is 12.7. The minimum Gasteiger partial charge on any atom is -0.323 e.